The van der Waals surface area contributed by atoms with Crippen LogP contribution in [0, 0.1) is 10.1 Å². The molecule has 0 saturated carbocycles. The zero-order valence-corrected chi connectivity index (χ0v) is 52.1. The average molecular weight is 1200 g/mol. The molecule has 85 heavy (non-hydrogen) atoms. The number of nitro benzene ring substituents is 1. The van der Waals surface area contributed by atoms with Crippen molar-refractivity contribution in [2.45, 2.75) is 135 Å². The number of likely N-dealkylation sites (N-methyl/N-ethyl adjacent to an activating group) is 1. The second kappa shape index (κ2) is 31.6. The monoisotopic (exact) mass is 1200 g/mol. The molecule has 4 atom stereocenters. The summed E-state index contributed by atoms with van der Waals surface area (Å²) in [7, 11) is -2.57. The summed E-state index contributed by atoms with van der Waals surface area (Å²) < 4.78 is 35.9. The molecule has 0 aromatic heterocycles. The highest BCUT2D eigenvalue weighted by Crippen LogP contribution is 2.38. The van der Waals surface area contributed by atoms with Gasteiger partial charge in [-0.3, -0.25) is 14.9 Å². The Morgan fingerprint density at radius 3 is 1.55 bits per heavy atom. The Hall–Kier alpha value is -8.18. The van der Waals surface area contributed by atoms with Crippen LogP contribution in [0.25, 0.3) is 11.1 Å². The zero-order valence-electron chi connectivity index (χ0n) is 50.1. The summed E-state index contributed by atoms with van der Waals surface area (Å²) in [6.45, 7) is 17.0. The first-order valence-electron chi connectivity index (χ1n) is 28.5. The van der Waals surface area contributed by atoms with Crippen LogP contribution in [0.3, 0.4) is 0 Å². The van der Waals surface area contributed by atoms with E-state index in [1.165, 1.54) is 6.07 Å². The Kier molecular flexibility index (Phi) is 24.6. The molecule has 3 amide bonds. The van der Waals surface area contributed by atoms with Crippen molar-refractivity contribution in [1.29, 1.82) is 0 Å². The van der Waals surface area contributed by atoms with Gasteiger partial charge in [0, 0.05) is 39.1 Å². The van der Waals surface area contributed by atoms with Gasteiger partial charge >= 0.3 is 24.1 Å². The molecule has 0 aliphatic carbocycles. The third-order valence-electron chi connectivity index (χ3n) is 14.6. The minimum absolute atomic E-state index is 0.00373. The molecule has 18 nitrogen and oxygen atoms in total. The summed E-state index contributed by atoms with van der Waals surface area (Å²) in [4.78, 5) is 81.9. The number of hydrogen-bond acceptors (Lipinski definition) is 14. The van der Waals surface area contributed by atoms with Crippen LogP contribution in [0.4, 0.5) is 15.3 Å². The van der Waals surface area contributed by atoms with E-state index in [2.05, 4.69) is 74.8 Å². The summed E-state index contributed by atoms with van der Waals surface area (Å²) in [5.41, 5.74) is 4.41. The lowest BCUT2D eigenvalue weighted by molar-refractivity contribution is -0.385. The number of carbonyl (C=O) groups is 5. The zero-order chi connectivity index (χ0) is 61.6. The van der Waals surface area contributed by atoms with E-state index in [1.807, 2.05) is 97.1 Å². The van der Waals surface area contributed by atoms with Gasteiger partial charge in [-0.1, -0.05) is 168 Å². The number of benzene rings is 6. The molecule has 452 valence electrons. The number of carbonyl (C=O) groups excluding carboxylic acids is 5. The second-order valence-corrected chi connectivity index (χ2v) is 33.9. The average Bonchev–Trinajstić information content (AvgIpc) is 3.55. The van der Waals surface area contributed by atoms with Crippen molar-refractivity contribution in [3.05, 3.63) is 201 Å². The van der Waals surface area contributed by atoms with E-state index in [-0.39, 0.29) is 75.1 Å². The number of ether oxygens (including phenoxy) is 5. The molecule has 0 aliphatic rings. The van der Waals surface area contributed by atoms with Crippen molar-refractivity contribution in [3.63, 3.8) is 0 Å². The van der Waals surface area contributed by atoms with Gasteiger partial charge in [0.2, 0.25) is 5.91 Å². The number of nitrogens with one attached hydrogen (secondary N) is 4. The Labute approximate surface area is 501 Å². The largest absolute Gasteiger partial charge is 0.489 e. The number of alkyl carbamates (subject to hydrolysis) is 2. The standard InChI is InChI=1S/C65H81N5O13Si2/c1-65(2,3)85(8,9)83-54(41-67-63(74)81-44-48-26-18-12-19-27-48)40-55(66-4)60(71)68-56(62(73)80-43-47-24-16-11-17-25-47)38-52-36-50(30-32-58(52)70(76)77)51-31-33-59(79-42-46-22-14-10-15-23-46)53(37-51)39-57(61(72)78-34-35-84(5,6)7)69-64(75)82-45-49-28-20-13-21-29-49/h10-33,36-37,54-57,66H,34-35,38-45H2,1-9H3,(H,67,74)(H,68,71)(H,69,75)/t54-,55+,56+,57+/m1/s1. The van der Waals surface area contributed by atoms with Gasteiger partial charge in [0.1, 0.15) is 44.3 Å². The van der Waals surface area contributed by atoms with Crippen LogP contribution in [0.5, 0.6) is 5.75 Å². The van der Waals surface area contributed by atoms with E-state index in [0.717, 1.165) is 16.7 Å². The lowest BCUT2D eigenvalue weighted by atomic mass is 9.95. The summed E-state index contributed by atoms with van der Waals surface area (Å²) in [6.07, 6.45) is -2.63. The maximum atomic E-state index is 14.6. The third kappa shape index (κ3) is 21.8. The molecule has 6 aromatic rings. The first kappa shape index (κ1) is 66.0. The van der Waals surface area contributed by atoms with Gasteiger partial charge in [0.05, 0.1) is 23.7 Å². The van der Waals surface area contributed by atoms with Gasteiger partial charge in [-0.15, -0.1) is 0 Å². The minimum atomic E-state index is -2.53. The smallest absolute Gasteiger partial charge is 0.408 e. The highest BCUT2D eigenvalue weighted by molar-refractivity contribution is 6.76. The van der Waals surface area contributed by atoms with Crippen molar-refractivity contribution in [2.24, 2.45) is 0 Å². The van der Waals surface area contributed by atoms with Crippen LogP contribution in [0.15, 0.2) is 158 Å². The molecule has 6 aromatic carbocycles. The molecule has 0 spiro atoms. The lowest BCUT2D eigenvalue weighted by Gasteiger charge is -2.40. The van der Waals surface area contributed by atoms with Crippen molar-refractivity contribution in [3.8, 4) is 16.9 Å². The summed E-state index contributed by atoms with van der Waals surface area (Å²) in [5, 5.41) is 24.1. The lowest BCUT2D eigenvalue weighted by Crippen LogP contribution is -2.54. The molecule has 0 radical (unpaired) electrons. The maximum Gasteiger partial charge on any atom is 0.408 e. The van der Waals surface area contributed by atoms with E-state index < -0.39 is 75.6 Å². The number of nitro groups is 1. The molecule has 0 unspecified atom stereocenters. The third-order valence-corrected chi connectivity index (χ3v) is 20.8. The van der Waals surface area contributed by atoms with Gasteiger partial charge < -0.3 is 49.4 Å². The molecule has 4 N–H and O–H groups in total. The van der Waals surface area contributed by atoms with Crippen molar-refractivity contribution in [2.75, 3.05) is 20.2 Å². The molecule has 0 bridgehead atoms. The number of esters is 2. The molecule has 0 fully saturated rings. The summed E-state index contributed by atoms with van der Waals surface area (Å²) in [5.74, 6) is -1.74. The fourth-order valence-electron chi connectivity index (χ4n) is 8.65. The second-order valence-electron chi connectivity index (χ2n) is 23.5. The van der Waals surface area contributed by atoms with Gasteiger partial charge in [0.15, 0.2) is 8.32 Å². The highest BCUT2D eigenvalue weighted by Gasteiger charge is 2.40. The first-order chi connectivity index (χ1) is 40.5. The van der Waals surface area contributed by atoms with Gasteiger partial charge in [0.25, 0.3) is 5.69 Å². The van der Waals surface area contributed by atoms with E-state index in [9.17, 15) is 34.1 Å². The number of amides is 3. The van der Waals surface area contributed by atoms with Crippen LogP contribution < -0.4 is 26.0 Å². The van der Waals surface area contributed by atoms with E-state index in [0.29, 0.717) is 34.0 Å². The summed E-state index contributed by atoms with van der Waals surface area (Å²) >= 11 is 0. The molecule has 0 heterocycles. The Morgan fingerprint density at radius 1 is 0.565 bits per heavy atom. The van der Waals surface area contributed by atoms with Gasteiger partial charge in [-0.25, -0.2) is 19.2 Å². The van der Waals surface area contributed by atoms with Crippen molar-refractivity contribution >= 4 is 52.1 Å². The molecule has 0 saturated heterocycles. The van der Waals surface area contributed by atoms with Crippen molar-refractivity contribution < 1.29 is 57.0 Å². The molecule has 20 heteroatoms. The van der Waals surface area contributed by atoms with Gasteiger partial charge in [-0.05, 0) is 101 Å². The molecule has 0 aliphatic heterocycles. The normalized spacial score (nSPS) is 13.0. The maximum absolute atomic E-state index is 14.6. The Balaban J connectivity index is 1.32. The predicted octanol–water partition coefficient (Wildman–Crippen LogP) is 11.6. The quantitative estimate of drug-likeness (QED) is 0.0108. The van der Waals surface area contributed by atoms with Crippen molar-refractivity contribution in [1.82, 2.24) is 21.3 Å². The van der Waals surface area contributed by atoms with E-state index >= 15 is 0 Å². The fraction of sp³-hybridized carbons (Fsp3) is 0.369. The number of hydrogen-bond donors (Lipinski definition) is 4. The molecular weight excluding hydrogens is 1110 g/mol. The van der Waals surface area contributed by atoms with Crippen LogP contribution in [-0.4, -0.2) is 95.8 Å². The SMILES string of the molecule is CN[C@@H](C[C@H](CNC(=O)OCc1ccccc1)O[Si](C)(C)C(C)(C)C)C(=O)N[C@@H](Cc1cc(-c2ccc(OCc3ccccc3)c(C[C@H](NC(=O)OCc3ccccc3)C(=O)OCC[Si](C)(C)C)c2)ccc1[N+](=O)[O-])C(=O)OCc1ccccc1. The number of nitrogens with zero attached hydrogens (tertiary/aromatic N) is 1. The van der Waals surface area contributed by atoms with E-state index in [1.54, 1.807) is 61.6 Å². The first-order valence-corrected chi connectivity index (χ1v) is 35.1. The van der Waals surface area contributed by atoms with Crippen LogP contribution in [-0.2, 0) is 77.0 Å². The van der Waals surface area contributed by atoms with Crippen LogP contribution in [0.1, 0.15) is 60.6 Å². The van der Waals surface area contributed by atoms with Crippen LogP contribution in [0.2, 0.25) is 43.8 Å². The van der Waals surface area contributed by atoms with Gasteiger partial charge in [-0.2, -0.15) is 0 Å². The Morgan fingerprint density at radius 2 is 1.04 bits per heavy atom. The van der Waals surface area contributed by atoms with Crippen LogP contribution >= 0.6 is 0 Å². The predicted molar refractivity (Wildman–Crippen MR) is 332 cm³/mol. The Bertz CT molecular complexity index is 3140. The van der Waals surface area contributed by atoms with E-state index in [4.69, 9.17) is 28.1 Å². The minimum Gasteiger partial charge on any atom is -0.489 e. The molecule has 6 rings (SSSR count). The molecular formula is C65H81N5O13Si2. The number of rotatable bonds is 30. The summed E-state index contributed by atoms with van der Waals surface area (Å²) in [6, 6.07) is 43.6. The highest BCUT2D eigenvalue weighted by atomic mass is 28.4. The topological polar surface area (TPSA) is 232 Å². The fourth-order valence-corrected chi connectivity index (χ4v) is 10.7.